The van der Waals surface area contributed by atoms with Crippen molar-refractivity contribution in [3.63, 3.8) is 0 Å². The largest absolute Gasteiger partial charge is 0.480 e. The van der Waals surface area contributed by atoms with E-state index in [9.17, 15) is 18.3 Å². The summed E-state index contributed by atoms with van der Waals surface area (Å²) in [6.07, 6.45) is 3.26. The third kappa shape index (κ3) is 4.59. The third-order valence-electron chi connectivity index (χ3n) is 5.92. The van der Waals surface area contributed by atoms with Gasteiger partial charge in [-0.05, 0) is 41.5 Å². The van der Waals surface area contributed by atoms with Crippen molar-refractivity contribution in [3.05, 3.63) is 77.9 Å². The van der Waals surface area contributed by atoms with Crippen LogP contribution in [-0.4, -0.2) is 40.7 Å². The summed E-state index contributed by atoms with van der Waals surface area (Å²) in [5, 5.41) is 9.93. The van der Waals surface area contributed by atoms with Gasteiger partial charge >= 0.3 is 0 Å². The summed E-state index contributed by atoms with van der Waals surface area (Å²) in [7, 11) is 0. The zero-order chi connectivity index (χ0) is 24.6. The summed E-state index contributed by atoms with van der Waals surface area (Å²) in [6, 6.07) is 9.73. The second kappa shape index (κ2) is 9.07. The Morgan fingerprint density at radius 1 is 1.11 bits per heavy atom. The lowest BCUT2D eigenvalue weighted by Crippen LogP contribution is -2.36. The monoisotopic (exact) mass is 481 g/mol. The van der Waals surface area contributed by atoms with Crippen molar-refractivity contribution >= 4 is 16.9 Å². The van der Waals surface area contributed by atoms with E-state index in [0.717, 1.165) is 0 Å². The van der Waals surface area contributed by atoms with Crippen LogP contribution < -0.4 is 4.74 Å². The number of aromatic amines is 1. The van der Waals surface area contributed by atoms with Gasteiger partial charge in [0.1, 0.15) is 17.2 Å². The average molecular weight is 481 g/mol. The van der Waals surface area contributed by atoms with E-state index in [4.69, 9.17) is 9.47 Å². The molecule has 1 atom stereocenters. The van der Waals surface area contributed by atoms with Crippen LogP contribution in [-0.2, 0) is 11.2 Å². The molecular formula is C26H22F3N3O3. The topological polar surface area (TPSA) is 79.7 Å². The molecule has 3 heterocycles. The predicted octanol–water partition coefficient (Wildman–Crippen LogP) is 5.41. The molecule has 0 bridgehead atoms. The number of halogens is 3. The Morgan fingerprint density at radius 2 is 1.86 bits per heavy atom. The van der Waals surface area contributed by atoms with E-state index in [2.05, 4.69) is 15.0 Å². The maximum atomic E-state index is 15.0. The van der Waals surface area contributed by atoms with Gasteiger partial charge in [-0.15, -0.1) is 0 Å². The maximum Gasteiger partial charge on any atom is 0.198 e. The number of hydrogen-bond donors (Lipinski definition) is 2. The number of aliphatic imine (C=N–C) groups is 1. The maximum absolute atomic E-state index is 15.0. The molecule has 5 rings (SSSR count). The fraction of sp³-hybridized carbons (Fsp3) is 0.231. The number of fused-ring (bicyclic) bond motifs is 1. The molecule has 1 unspecified atom stereocenters. The molecule has 1 aliphatic rings. The van der Waals surface area contributed by atoms with Gasteiger partial charge in [0.25, 0.3) is 0 Å². The molecule has 0 amide bonds. The first-order valence-electron chi connectivity index (χ1n) is 11.0. The van der Waals surface area contributed by atoms with Gasteiger partial charge in [0, 0.05) is 29.8 Å². The molecular weight excluding hydrogens is 459 g/mol. The van der Waals surface area contributed by atoms with E-state index in [1.54, 1.807) is 18.3 Å². The number of ether oxygens (including phenoxy) is 2. The Hall–Kier alpha value is -3.85. The van der Waals surface area contributed by atoms with Crippen molar-refractivity contribution in [1.29, 1.82) is 0 Å². The molecule has 1 aliphatic heterocycles. The van der Waals surface area contributed by atoms with Gasteiger partial charge in [-0.1, -0.05) is 19.1 Å². The van der Waals surface area contributed by atoms with E-state index < -0.39 is 22.8 Å². The van der Waals surface area contributed by atoms with Crippen molar-refractivity contribution < 1.29 is 27.8 Å². The Bertz CT molecular complexity index is 1400. The standard InChI is InChI=1S/C26H22F3N3O3/c1-26(13-33)12-32-22(34-14-26)10-15-8-19(28)24(20(29)9-15)35-21-6-7-30-25-23(21)18(11-31-25)16-2-4-17(27)5-3-16/h2-9,11,33H,10,12-14H2,1H3,(H,30,31). The number of aromatic nitrogens is 2. The molecule has 35 heavy (non-hydrogen) atoms. The highest BCUT2D eigenvalue weighted by molar-refractivity contribution is 5.98. The van der Waals surface area contributed by atoms with Crippen LogP contribution in [0, 0.1) is 22.9 Å². The minimum atomic E-state index is -0.875. The Balaban J connectivity index is 1.43. The molecule has 0 saturated heterocycles. The van der Waals surface area contributed by atoms with Crippen molar-refractivity contribution in [3.8, 4) is 22.6 Å². The number of pyridine rings is 1. The smallest absolute Gasteiger partial charge is 0.198 e. The summed E-state index contributed by atoms with van der Waals surface area (Å²) in [6.45, 7) is 2.43. The third-order valence-corrected chi connectivity index (χ3v) is 5.92. The van der Waals surface area contributed by atoms with Gasteiger partial charge in [-0.3, -0.25) is 4.99 Å². The van der Waals surface area contributed by atoms with E-state index >= 15 is 0 Å². The molecule has 2 aromatic carbocycles. The van der Waals surface area contributed by atoms with Crippen LogP contribution in [0.25, 0.3) is 22.2 Å². The fourth-order valence-corrected chi connectivity index (χ4v) is 3.90. The van der Waals surface area contributed by atoms with Gasteiger partial charge in [0.05, 0.1) is 25.1 Å². The highest BCUT2D eigenvalue weighted by Gasteiger charge is 2.29. The highest BCUT2D eigenvalue weighted by atomic mass is 19.1. The molecule has 0 aliphatic carbocycles. The molecule has 2 aromatic heterocycles. The lowest BCUT2D eigenvalue weighted by atomic mass is 9.92. The lowest BCUT2D eigenvalue weighted by Gasteiger charge is -2.30. The van der Waals surface area contributed by atoms with E-state index in [1.165, 1.54) is 36.5 Å². The van der Waals surface area contributed by atoms with Crippen molar-refractivity contribution in [2.75, 3.05) is 19.8 Å². The molecule has 180 valence electrons. The summed E-state index contributed by atoms with van der Waals surface area (Å²) in [5.74, 6) is -2.12. The molecule has 0 spiro atoms. The second-order valence-corrected chi connectivity index (χ2v) is 8.88. The quantitative estimate of drug-likeness (QED) is 0.386. The minimum absolute atomic E-state index is 0.0641. The van der Waals surface area contributed by atoms with Gasteiger partial charge in [0.15, 0.2) is 23.3 Å². The van der Waals surface area contributed by atoms with Crippen LogP contribution in [0.3, 0.4) is 0 Å². The molecule has 4 aromatic rings. The minimum Gasteiger partial charge on any atom is -0.480 e. The number of benzene rings is 2. The highest BCUT2D eigenvalue weighted by Crippen LogP contribution is 2.38. The summed E-state index contributed by atoms with van der Waals surface area (Å²) < 4.78 is 54.6. The summed E-state index contributed by atoms with van der Waals surface area (Å²) in [4.78, 5) is 11.5. The second-order valence-electron chi connectivity index (χ2n) is 8.88. The molecule has 2 N–H and O–H groups in total. The first kappa shape index (κ1) is 22.9. The van der Waals surface area contributed by atoms with E-state index in [1.807, 2.05) is 6.92 Å². The SMILES string of the molecule is CC1(CO)CN=C(Cc2cc(F)c(Oc3ccnc4[nH]cc(-c5ccc(F)cc5)c34)c(F)c2)OC1. The number of aliphatic hydroxyl groups excluding tert-OH is 1. The van der Waals surface area contributed by atoms with E-state index in [0.29, 0.717) is 40.2 Å². The number of hydrogen-bond acceptors (Lipinski definition) is 5. The Morgan fingerprint density at radius 3 is 2.51 bits per heavy atom. The van der Waals surface area contributed by atoms with E-state index in [-0.39, 0.29) is 31.2 Å². The van der Waals surface area contributed by atoms with Crippen LogP contribution >= 0.6 is 0 Å². The Kier molecular flexibility index (Phi) is 5.94. The molecule has 0 fully saturated rings. The molecule has 0 radical (unpaired) electrons. The zero-order valence-corrected chi connectivity index (χ0v) is 18.8. The number of aliphatic hydroxyl groups is 1. The van der Waals surface area contributed by atoms with Gasteiger partial charge < -0.3 is 19.6 Å². The first-order chi connectivity index (χ1) is 16.8. The number of H-pyrrole nitrogens is 1. The lowest BCUT2D eigenvalue weighted by molar-refractivity contribution is 0.0691. The molecule has 9 heteroatoms. The fourth-order valence-electron chi connectivity index (χ4n) is 3.90. The van der Waals surface area contributed by atoms with Gasteiger partial charge in [-0.2, -0.15) is 0 Å². The van der Waals surface area contributed by atoms with Gasteiger partial charge in [-0.25, -0.2) is 18.2 Å². The van der Waals surface area contributed by atoms with Crippen LogP contribution in [0.1, 0.15) is 12.5 Å². The van der Waals surface area contributed by atoms with Crippen molar-refractivity contribution in [1.82, 2.24) is 9.97 Å². The van der Waals surface area contributed by atoms with Crippen LogP contribution in [0.2, 0.25) is 0 Å². The normalized spacial score (nSPS) is 17.8. The zero-order valence-electron chi connectivity index (χ0n) is 18.8. The van der Waals surface area contributed by atoms with Crippen LogP contribution in [0.15, 0.2) is 59.9 Å². The number of nitrogens with one attached hydrogen (secondary N) is 1. The predicted molar refractivity (Wildman–Crippen MR) is 125 cm³/mol. The Labute approximate surface area is 199 Å². The van der Waals surface area contributed by atoms with Crippen molar-refractivity contribution in [2.24, 2.45) is 10.4 Å². The number of nitrogens with zero attached hydrogens (tertiary/aromatic N) is 2. The molecule has 0 saturated carbocycles. The van der Waals surface area contributed by atoms with Crippen LogP contribution in [0.4, 0.5) is 13.2 Å². The van der Waals surface area contributed by atoms with Crippen molar-refractivity contribution in [2.45, 2.75) is 13.3 Å². The molecule has 6 nitrogen and oxygen atoms in total. The van der Waals surface area contributed by atoms with Crippen LogP contribution in [0.5, 0.6) is 11.5 Å². The van der Waals surface area contributed by atoms with Gasteiger partial charge in [0.2, 0.25) is 0 Å². The number of rotatable bonds is 6. The summed E-state index contributed by atoms with van der Waals surface area (Å²) >= 11 is 0. The first-order valence-corrected chi connectivity index (χ1v) is 11.0. The summed E-state index contributed by atoms with van der Waals surface area (Å²) in [5.41, 5.74) is 1.69. The average Bonchev–Trinajstić information content (AvgIpc) is 3.29.